The standard InChI is InChI=1S/C35H47N9/c36-12-3-17-44-33-24-26(25-4-1-6-28(22-25)42(18-13-37)19-14-38)8-9-31(33)32-11-10-30(34(41)35(32)44)27-5-2-7-29(23-27)43(20-15-39)21-16-40/h1-2,4-11,22-24H,3,12-21,36-41H2. The highest BCUT2D eigenvalue weighted by atomic mass is 15.1. The van der Waals surface area contributed by atoms with Gasteiger partial charge in [-0.1, -0.05) is 48.5 Å². The number of aromatic nitrogens is 1. The maximum absolute atomic E-state index is 7.06. The predicted molar refractivity (Wildman–Crippen MR) is 189 cm³/mol. The summed E-state index contributed by atoms with van der Waals surface area (Å²) in [6, 6.07) is 28.1. The lowest BCUT2D eigenvalue weighted by Gasteiger charge is -2.24. The third-order valence-corrected chi connectivity index (χ3v) is 8.31. The summed E-state index contributed by atoms with van der Waals surface area (Å²) in [6.45, 7) is 6.64. The average Bonchev–Trinajstić information content (AvgIpc) is 3.37. The van der Waals surface area contributed by atoms with Crippen LogP contribution in [0.15, 0.2) is 78.9 Å². The van der Waals surface area contributed by atoms with Crippen LogP contribution in [0.25, 0.3) is 44.1 Å². The Morgan fingerprint density at radius 2 is 1.09 bits per heavy atom. The summed E-state index contributed by atoms with van der Waals surface area (Å²) in [5.41, 5.74) is 46.2. The van der Waals surface area contributed by atoms with Crippen molar-refractivity contribution in [3.63, 3.8) is 0 Å². The van der Waals surface area contributed by atoms with Crippen LogP contribution < -0.4 is 44.2 Å². The third-order valence-electron chi connectivity index (χ3n) is 8.31. The van der Waals surface area contributed by atoms with Gasteiger partial charge in [-0.25, -0.2) is 0 Å². The van der Waals surface area contributed by atoms with Crippen molar-refractivity contribution in [2.45, 2.75) is 13.0 Å². The number of anilines is 3. The van der Waals surface area contributed by atoms with Gasteiger partial charge in [0.1, 0.15) is 0 Å². The van der Waals surface area contributed by atoms with Gasteiger partial charge in [-0.3, -0.25) is 0 Å². The molecule has 1 heterocycles. The Bertz CT molecular complexity index is 1680. The van der Waals surface area contributed by atoms with Crippen LogP contribution in [0.1, 0.15) is 6.42 Å². The number of fused-ring (bicyclic) bond motifs is 3. The summed E-state index contributed by atoms with van der Waals surface area (Å²) in [7, 11) is 0. The van der Waals surface area contributed by atoms with Crippen molar-refractivity contribution in [3.8, 4) is 22.3 Å². The Balaban J connectivity index is 1.63. The zero-order valence-electron chi connectivity index (χ0n) is 25.6. The first kappa shape index (κ1) is 31.3. The van der Waals surface area contributed by atoms with E-state index in [1.807, 2.05) is 0 Å². The molecule has 9 nitrogen and oxygen atoms in total. The van der Waals surface area contributed by atoms with Gasteiger partial charge in [0.25, 0.3) is 0 Å². The second-order valence-corrected chi connectivity index (χ2v) is 11.2. The van der Waals surface area contributed by atoms with Crippen LogP contribution in [-0.2, 0) is 6.54 Å². The SMILES string of the molecule is NCCCn1c2cc(-c3cccc(N(CCN)CCN)c3)ccc2c2ccc(-c3cccc(N(CCN)CCN)c3)c(N)c21. The molecule has 0 aliphatic heterocycles. The number of aryl methyl sites for hydroxylation is 1. The molecule has 0 aliphatic rings. The van der Waals surface area contributed by atoms with Crippen molar-refractivity contribution in [2.75, 3.05) is 74.4 Å². The van der Waals surface area contributed by atoms with Crippen LogP contribution in [0.4, 0.5) is 17.1 Å². The number of hydrogen-bond donors (Lipinski definition) is 6. The van der Waals surface area contributed by atoms with E-state index in [9.17, 15) is 0 Å². The minimum atomic E-state index is 0.561. The van der Waals surface area contributed by atoms with Crippen LogP contribution in [0.3, 0.4) is 0 Å². The van der Waals surface area contributed by atoms with E-state index >= 15 is 0 Å². The molecule has 4 aromatic carbocycles. The zero-order chi connectivity index (χ0) is 31.1. The Labute approximate surface area is 260 Å². The first-order chi connectivity index (χ1) is 21.5. The number of nitrogens with zero attached hydrogens (tertiary/aromatic N) is 3. The van der Waals surface area contributed by atoms with E-state index in [1.54, 1.807) is 0 Å². The number of rotatable bonds is 15. The van der Waals surface area contributed by atoms with E-state index in [2.05, 4.69) is 93.2 Å². The second kappa shape index (κ2) is 14.6. The molecule has 0 saturated carbocycles. The molecule has 12 N–H and O–H groups in total. The molecular formula is C35H47N9. The second-order valence-electron chi connectivity index (χ2n) is 11.2. The van der Waals surface area contributed by atoms with Gasteiger partial charge in [-0.15, -0.1) is 0 Å². The smallest absolute Gasteiger partial charge is 0.0731 e. The minimum Gasteiger partial charge on any atom is -0.397 e. The minimum absolute atomic E-state index is 0.561. The largest absolute Gasteiger partial charge is 0.397 e. The molecule has 0 unspecified atom stereocenters. The Kier molecular flexibility index (Phi) is 10.4. The molecule has 0 saturated heterocycles. The normalized spacial score (nSPS) is 11.5. The number of nitrogens with two attached hydrogens (primary N) is 6. The maximum atomic E-state index is 7.06. The fourth-order valence-corrected chi connectivity index (χ4v) is 6.25. The molecule has 0 bridgehead atoms. The van der Waals surface area contributed by atoms with E-state index in [4.69, 9.17) is 34.4 Å². The van der Waals surface area contributed by atoms with Crippen molar-refractivity contribution in [1.82, 2.24) is 4.57 Å². The van der Waals surface area contributed by atoms with E-state index in [-0.39, 0.29) is 0 Å². The highest BCUT2D eigenvalue weighted by Gasteiger charge is 2.18. The van der Waals surface area contributed by atoms with Gasteiger partial charge in [0, 0.05) is 92.1 Å². The molecule has 5 rings (SSSR count). The van der Waals surface area contributed by atoms with Gasteiger partial charge in [-0.05, 0) is 60.0 Å². The van der Waals surface area contributed by atoms with Gasteiger partial charge < -0.3 is 48.8 Å². The van der Waals surface area contributed by atoms with Crippen LogP contribution in [-0.4, -0.2) is 63.5 Å². The molecule has 0 aliphatic carbocycles. The number of hydrogen-bond acceptors (Lipinski definition) is 8. The number of nitrogen functional groups attached to an aromatic ring is 1. The molecule has 0 amide bonds. The first-order valence-corrected chi connectivity index (χ1v) is 15.6. The molecule has 0 atom stereocenters. The van der Waals surface area contributed by atoms with Gasteiger partial charge in [0.2, 0.25) is 0 Å². The van der Waals surface area contributed by atoms with Gasteiger partial charge in [0.05, 0.1) is 11.2 Å². The zero-order valence-corrected chi connectivity index (χ0v) is 25.6. The van der Waals surface area contributed by atoms with Crippen LogP contribution >= 0.6 is 0 Å². The topological polar surface area (TPSA) is 168 Å². The van der Waals surface area contributed by atoms with Crippen LogP contribution in [0.5, 0.6) is 0 Å². The molecule has 232 valence electrons. The fraction of sp³-hybridized carbons (Fsp3) is 0.314. The van der Waals surface area contributed by atoms with Crippen molar-refractivity contribution in [2.24, 2.45) is 28.7 Å². The highest BCUT2D eigenvalue weighted by Crippen LogP contribution is 2.40. The average molecular weight is 594 g/mol. The lowest BCUT2D eigenvalue weighted by Crippen LogP contribution is -2.33. The Hall–Kier alpha value is -4.12. The van der Waals surface area contributed by atoms with E-state index in [0.29, 0.717) is 32.7 Å². The summed E-state index contributed by atoms with van der Waals surface area (Å²) >= 11 is 0. The van der Waals surface area contributed by atoms with E-state index in [0.717, 1.165) is 94.9 Å². The monoisotopic (exact) mass is 593 g/mol. The number of benzene rings is 4. The van der Waals surface area contributed by atoms with Gasteiger partial charge >= 0.3 is 0 Å². The van der Waals surface area contributed by atoms with Crippen molar-refractivity contribution >= 4 is 38.9 Å². The van der Waals surface area contributed by atoms with Crippen molar-refractivity contribution < 1.29 is 0 Å². The molecule has 9 heteroatoms. The van der Waals surface area contributed by atoms with Crippen molar-refractivity contribution in [1.29, 1.82) is 0 Å². The molecular weight excluding hydrogens is 546 g/mol. The molecule has 5 aromatic rings. The summed E-state index contributed by atoms with van der Waals surface area (Å²) in [4.78, 5) is 4.46. The Morgan fingerprint density at radius 1 is 0.545 bits per heavy atom. The predicted octanol–water partition coefficient (Wildman–Crippen LogP) is 3.51. The summed E-state index contributed by atoms with van der Waals surface area (Å²) < 4.78 is 2.35. The van der Waals surface area contributed by atoms with Crippen LogP contribution in [0, 0.1) is 0 Å². The van der Waals surface area contributed by atoms with Crippen molar-refractivity contribution in [3.05, 3.63) is 78.9 Å². The van der Waals surface area contributed by atoms with Gasteiger partial charge in [-0.2, -0.15) is 0 Å². The first-order valence-electron chi connectivity index (χ1n) is 15.6. The Morgan fingerprint density at radius 3 is 1.68 bits per heavy atom. The van der Waals surface area contributed by atoms with Crippen LogP contribution in [0.2, 0.25) is 0 Å². The lowest BCUT2D eigenvalue weighted by atomic mass is 9.99. The molecule has 0 spiro atoms. The summed E-state index contributed by atoms with van der Waals surface area (Å²) in [5, 5.41) is 2.31. The highest BCUT2D eigenvalue weighted by molar-refractivity contribution is 6.14. The fourth-order valence-electron chi connectivity index (χ4n) is 6.25. The molecule has 44 heavy (non-hydrogen) atoms. The molecule has 0 radical (unpaired) electrons. The lowest BCUT2D eigenvalue weighted by molar-refractivity contribution is 0.688. The van der Waals surface area contributed by atoms with E-state index < -0.39 is 0 Å². The summed E-state index contributed by atoms with van der Waals surface area (Å²) in [6.07, 6.45) is 0.845. The third kappa shape index (κ3) is 6.38. The molecule has 1 aromatic heterocycles. The van der Waals surface area contributed by atoms with Gasteiger partial charge in [0.15, 0.2) is 0 Å². The van der Waals surface area contributed by atoms with E-state index in [1.165, 1.54) is 5.39 Å². The maximum Gasteiger partial charge on any atom is 0.0731 e. The molecule has 0 fully saturated rings. The summed E-state index contributed by atoms with van der Waals surface area (Å²) in [5.74, 6) is 0. The quantitative estimate of drug-likeness (QED) is 0.100.